The Morgan fingerprint density at radius 1 is 1.10 bits per heavy atom. The molecule has 2 heterocycles. The third kappa shape index (κ3) is 2.26. The van der Waals surface area contributed by atoms with Crippen LogP contribution in [-0.4, -0.2) is 21.9 Å². The summed E-state index contributed by atoms with van der Waals surface area (Å²) in [6.07, 6.45) is 0. The maximum absolute atomic E-state index is 14.0. The van der Waals surface area contributed by atoms with Crippen molar-refractivity contribution >= 4 is 40.6 Å². The largest absolute Gasteiger partial charge is 0.299 e. The Bertz CT molecular complexity index is 765. The van der Waals surface area contributed by atoms with E-state index in [9.17, 15) is 14.0 Å². The maximum atomic E-state index is 14.0. The monoisotopic (exact) mass is 325 g/mol. The summed E-state index contributed by atoms with van der Waals surface area (Å²) in [6, 6.07) is 5.37. The zero-order valence-electron chi connectivity index (χ0n) is 10.3. The van der Waals surface area contributed by atoms with Crippen LogP contribution in [0.25, 0.3) is 0 Å². The van der Waals surface area contributed by atoms with Crippen LogP contribution in [0.5, 0.6) is 0 Å². The van der Waals surface area contributed by atoms with Gasteiger partial charge in [0.25, 0.3) is 11.7 Å². The molecule has 1 aliphatic rings. The highest BCUT2D eigenvalue weighted by molar-refractivity contribution is 6.55. The van der Waals surface area contributed by atoms with Gasteiger partial charge in [-0.15, -0.1) is 5.10 Å². The molecule has 0 radical (unpaired) electrons. The molecule has 0 fully saturated rings. The molecule has 0 N–H and O–H groups in total. The molecule has 1 aromatic carbocycles. The fraction of sp³-hybridized carbons (Fsp3) is 0.0769. The Labute approximate surface area is 128 Å². The van der Waals surface area contributed by atoms with Crippen molar-refractivity contribution in [1.82, 2.24) is 10.2 Å². The number of Topliss-reactive ketones (excluding diaryl/α,β-unsaturated/α-hetero) is 1. The molecular weight excluding hydrogens is 320 g/mol. The van der Waals surface area contributed by atoms with E-state index in [1.807, 2.05) is 0 Å². The topological polar surface area (TPSA) is 63.2 Å². The molecule has 0 atom stereocenters. The summed E-state index contributed by atoms with van der Waals surface area (Å²) < 4.78 is 14.0. The number of rotatable bonds is 2. The molecule has 5 nitrogen and oxygen atoms in total. The third-order valence-corrected chi connectivity index (χ3v) is 3.54. The van der Waals surface area contributed by atoms with Gasteiger partial charge in [-0.05, 0) is 24.3 Å². The van der Waals surface area contributed by atoms with Gasteiger partial charge in [-0.25, -0.2) is 4.39 Å². The van der Waals surface area contributed by atoms with Crippen molar-refractivity contribution in [2.75, 3.05) is 4.90 Å². The van der Waals surface area contributed by atoms with Crippen molar-refractivity contribution in [2.24, 2.45) is 0 Å². The molecular formula is C13H6Cl2FN3O2. The predicted octanol–water partition coefficient (Wildman–Crippen LogP) is 2.65. The summed E-state index contributed by atoms with van der Waals surface area (Å²) in [5.41, 5.74) is 0.116. The molecule has 8 heteroatoms. The van der Waals surface area contributed by atoms with Crippen LogP contribution in [0.4, 0.5) is 10.1 Å². The molecule has 1 aromatic heterocycles. The van der Waals surface area contributed by atoms with Gasteiger partial charge in [-0.1, -0.05) is 23.2 Å². The Morgan fingerprint density at radius 2 is 1.86 bits per heavy atom. The normalized spacial score (nSPS) is 13.8. The Hall–Kier alpha value is -2.05. The zero-order valence-corrected chi connectivity index (χ0v) is 11.8. The van der Waals surface area contributed by atoms with Gasteiger partial charge in [0.2, 0.25) is 0 Å². The first-order valence-electron chi connectivity index (χ1n) is 5.81. The molecule has 3 rings (SSSR count). The van der Waals surface area contributed by atoms with Crippen LogP contribution >= 0.6 is 23.2 Å². The van der Waals surface area contributed by atoms with Gasteiger partial charge in [-0.2, -0.15) is 5.10 Å². The quantitative estimate of drug-likeness (QED) is 0.796. The summed E-state index contributed by atoms with van der Waals surface area (Å²) in [5.74, 6) is -2.39. The number of hydrogen-bond donors (Lipinski definition) is 0. The van der Waals surface area contributed by atoms with E-state index in [0.717, 1.165) is 11.0 Å². The lowest BCUT2D eigenvalue weighted by atomic mass is 10.1. The van der Waals surface area contributed by atoms with Gasteiger partial charge in [0, 0.05) is 0 Å². The van der Waals surface area contributed by atoms with Crippen LogP contribution in [0.2, 0.25) is 10.2 Å². The minimum Gasteiger partial charge on any atom is -0.296 e. The van der Waals surface area contributed by atoms with Gasteiger partial charge in [0.05, 0.1) is 28.5 Å². The Kier molecular flexibility index (Phi) is 3.35. The van der Waals surface area contributed by atoms with Crippen molar-refractivity contribution in [3.63, 3.8) is 0 Å². The lowest BCUT2D eigenvalue weighted by Gasteiger charge is -2.16. The summed E-state index contributed by atoms with van der Waals surface area (Å²) in [5, 5.41) is 7.65. The average molecular weight is 326 g/mol. The van der Waals surface area contributed by atoms with Gasteiger partial charge in [0.15, 0.2) is 5.15 Å². The van der Waals surface area contributed by atoms with Crippen molar-refractivity contribution in [3.05, 3.63) is 51.5 Å². The number of amides is 1. The van der Waals surface area contributed by atoms with Gasteiger partial charge < -0.3 is 0 Å². The van der Waals surface area contributed by atoms with Crippen molar-refractivity contribution < 1.29 is 14.0 Å². The summed E-state index contributed by atoms with van der Waals surface area (Å²) >= 11 is 11.5. The van der Waals surface area contributed by atoms with Crippen LogP contribution in [0, 0.1) is 5.82 Å². The molecule has 2 aromatic rings. The minimum absolute atomic E-state index is 0.0365. The second kappa shape index (κ2) is 5.05. The number of ketones is 1. The Morgan fingerprint density at radius 3 is 2.52 bits per heavy atom. The summed E-state index contributed by atoms with van der Waals surface area (Å²) in [6.45, 7) is -0.0982. The van der Waals surface area contributed by atoms with Gasteiger partial charge in [0.1, 0.15) is 5.82 Å². The number of carbonyl (C=O) groups is 2. The molecule has 0 bridgehead atoms. The second-order valence-electron chi connectivity index (χ2n) is 4.32. The lowest BCUT2D eigenvalue weighted by Crippen LogP contribution is -2.30. The summed E-state index contributed by atoms with van der Waals surface area (Å²) in [4.78, 5) is 24.9. The van der Waals surface area contributed by atoms with Gasteiger partial charge in [-0.3, -0.25) is 14.5 Å². The Balaban J connectivity index is 2.05. The van der Waals surface area contributed by atoms with Crippen LogP contribution in [0.1, 0.15) is 16.1 Å². The van der Waals surface area contributed by atoms with Crippen LogP contribution in [-0.2, 0) is 11.3 Å². The minimum atomic E-state index is -0.853. The highest BCUT2D eigenvalue weighted by Gasteiger charge is 2.40. The zero-order chi connectivity index (χ0) is 15.1. The first-order valence-corrected chi connectivity index (χ1v) is 6.57. The molecule has 0 spiro atoms. The van der Waals surface area contributed by atoms with Crippen LogP contribution in [0.15, 0.2) is 24.3 Å². The molecule has 0 aliphatic carbocycles. The van der Waals surface area contributed by atoms with Crippen molar-refractivity contribution in [2.45, 2.75) is 6.54 Å². The fourth-order valence-corrected chi connectivity index (χ4v) is 2.43. The van der Waals surface area contributed by atoms with Gasteiger partial charge >= 0.3 is 0 Å². The number of hydrogen-bond acceptors (Lipinski definition) is 4. The van der Waals surface area contributed by atoms with E-state index < -0.39 is 17.5 Å². The molecule has 0 unspecified atom stereocenters. The van der Waals surface area contributed by atoms with E-state index in [1.54, 1.807) is 0 Å². The smallest absolute Gasteiger partial charge is 0.296 e. The molecule has 1 aliphatic heterocycles. The highest BCUT2D eigenvalue weighted by Crippen LogP contribution is 2.37. The van der Waals surface area contributed by atoms with Crippen molar-refractivity contribution in [1.29, 1.82) is 0 Å². The molecule has 0 saturated carbocycles. The second-order valence-corrected chi connectivity index (χ2v) is 5.12. The first-order chi connectivity index (χ1) is 9.99. The number of fused-ring (bicyclic) bond motifs is 1. The number of aromatic nitrogens is 2. The van der Waals surface area contributed by atoms with E-state index in [2.05, 4.69) is 10.2 Å². The number of benzene rings is 1. The molecule has 1 amide bonds. The number of anilines is 1. The van der Waals surface area contributed by atoms with E-state index in [4.69, 9.17) is 23.2 Å². The number of halogens is 3. The third-order valence-electron chi connectivity index (χ3n) is 3.02. The van der Waals surface area contributed by atoms with E-state index in [-0.39, 0.29) is 28.0 Å². The SMILES string of the molecule is O=C1C(=O)N(Cc2ccc(Cl)nn2)c2c(F)ccc(Cl)c21. The van der Waals surface area contributed by atoms with Crippen LogP contribution < -0.4 is 4.90 Å². The molecule has 21 heavy (non-hydrogen) atoms. The lowest BCUT2D eigenvalue weighted by molar-refractivity contribution is -0.114. The van der Waals surface area contributed by atoms with E-state index in [1.165, 1.54) is 18.2 Å². The molecule has 106 valence electrons. The first kappa shape index (κ1) is 13.9. The highest BCUT2D eigenvalue weighted by atomic mass is 35.5. The number of carbonyl (C=O) groups excluding carboxylic acids is 2. The van der Waals surface area contributed by atoms with E-state index >= 15 is 0 Å². The average Bonchev–Trinajstić information content (AvgIpc) is 2.71. The molecule has 0 saturated heterocycles. The number of nitrogens with zero attached hydrogens (tertiary/aromatic N) is 3. The standard InChI is InChI=1S/C13H6Cl2FN3O2/c14-7-2-3-8(16)11-10(7)12(20)13(21)19(11)5-6-1-4-9(15)18-17-6/h1-4H,5H2. The fourth-order valence-electron chi connectivity index (χ4n) is 2.09. The van der Waals surface area contributed by atoms with Crippen molar-refractivity contribution in [3.8, 4) is 0 Å². The predicted molar refractivity (Wildman–Crippen MR) is 74.0 cm³/mol. The summed E-state index contributed by atoms with van der Waals surface area (Å²) in [7, 11) is 0. The van der Waals surface area contributed by atoms with Crippen LogP contribution in [0.3, 0.4) is 0 Å². The maximum Gasteiger partial charge on any atom is 0.299 e. The van der Waals surface area contributed by atoms with E-state index in [0.29, 0.717) is 5.69 Å².